The first-order valence-corrected chi connectivity index (χ1v) is 16.1. The number of alkyl halides is 4. The summed E-state index contributed by atoms with van der Waals surface area (Å²) in [5.41, 5.74) is 4.62. The third-order valence-electron chi connectivity index (χ3n) is 8.22. The molecule has 0 spiro atoms. The number of hydrogen-bond donors (Lipinski definition) is 1. The van der Waals surface area contributed by atoms with E-state index in [0.29, 0.717) is 49.2 Å². The summed E-state index contributed by atoms with van der Waals surface area (Å²) in [5.74, 6) is 3.78. The minimum atomic E-state index is -1.03. The SMILES string of the molecule is Cc1cc(C(C)(CCCCl)CCCCl)cc2c1OC1OC2Oc2c(C)cc(C(O)(CCCCl)CCCCl)cc21. The van der Waals surface area contributed by atoms with Crippen molar-refractivity contribution in [2.24, 2.45) is 0 Å². The second-order valence-electron chi connectivity index (χ2n) is 11.2. The fourth-order valence-electron chi connectivity index (χ4n) is 6.01. The van der Waals surface area contributed by atoms with Gasteiger partial charge in [-0.1, -0.05) is 13.0 Å². The van der Waals surface area contributed by atoms with E-state index in [2.05, 4.69) is 26.0 Å². The summed E-state index contributed by atoms with van der Waals surface area (Å²) in [6, 6.07) is 8.38. The van der Waals surface area contributed by atoms with Crippen LogP contribution >= 0.6 is 46.4 Å². The van der Waals surface area contributed by atoms with Crippen molar-refractivity contribution in [2.75, 3.05) is 23.5 Å². The van der Waals surface area contributed by atoms with Crippen molar-refractivity contribution in [1.82, 2.24) is 0 Å². The normalized spacial score (nSPS) is 18.3. The Balaban J connectivity index is 1.70. The lowest BCUT2D eigenvalue weighted by Crippen LogP contribution is -2.33. The van der Waals surface area contributed by atoms with Gasteiger partial charge in [0.15, 0.2) is 0 Å². The monoisotopic (exact) mass is 616 g/mol. The van der Waals surface area contributed by atoms with Crippen LogP contribution in [0.5, 0.6) is 11.5 Å². The van der Waals surface area contributed by atoms with Crippen LogP contribution in [0.15, 0.2) is 24.3 Å². The Morgan fingerprint density at radius 2 is 1.08 bits per heavy atom. The summed E-state index contributed by atoms with van der Waals surface area (Å²) in [5, 5.41) is 11.7. The van der Waals surface area contributed by atoms with Crippen LogP contribution in [0.4, 0.5) is 0 Å². The quantitative estimate of drug-likeness (QED) is 0.215. The third kappa shape index (κ3) is 6.63. The van der Waals surface area contributed by atoms with E-state index in [0.717, 1.165) is 65.0 Å². The molecule has 0 saturated carbocycles. The Labute approximate surface area is 253 Å². The topological polar surface area (TPSA) is 47.9 Å². The molecule has 2 aromatic rings. The standard InChI is InChI=1S/C31H40Cl4O4/c1-20-16-22(30(3,8-4-12-32)9-5-13-33)18-24-26(20)37-29-25-19-23(17-21(2)27(25)38-28(24)39-29)31(36,10-6-14-34)11-7-15-35/h16-19,28-29,36H,4-15H2,1-3H3. The first kappa shape index (κ1) is 31.1. The molecular weight excluding hydrogens is 578 g/mol. The molecule has 2 aromatic carbocycles. The zero-order chi connectivity index (χ0) is 28.2. The van der Waals surface area contributed by atoms with E-state index < -0.39 is 18.2 Å². The Bertz CT molecular complexity index is 1030. The molecule has 8 heteroatoms. The second kappa shape index (κ2) is 13.4. The molecule has 4 rings (SSSR count). The van der Waals surface area contributed by atoms with E-state index in [-0.39, 0.29) is 5.41 Å². The van der Waals surface area contributed by atoms with Crippen molar-refractivity contribution in [3.05, 3.63) is 57.6 Å². The molecule has 4 nitrogen and oxygen atoms in total. The molecule has 0 amide bonds. The van der Waals surface area contributed by atoms with Crippen molar-refractivity contribution in [3.8, 4) is 11.5 Å². The van der Waals surface area contributed by atoms with Gasteiger partial charge in [0.25, 0.3) is 0 Å². The summed E-state index contributed by atoms with van der Waals surface area (Å²) in [4.78, 5) is 0. The van der Waals surface area contributed by atoms with Crippen LogP contribution in [0.1, 0.15) is 104 Å². The maximum atomic E-state index is 11.7. The van der Waals surface area contributed by atoms with Crippen LogP contribution in [-0.2, 0) is 15.8 Å². The molecule has 39 heavy (non-hydrogen) atoms. The molecular formula is C31H40Cl4O4. The van der Waals surface area contributed by atoms with Gasteiger partial charge in [-0.25, -0.2) is 0 Å². The lowest BCUT2D eigenvalue weighted by Gasteiger charge is -2.41. The van der Waals surface area contributed by atoms with Gasteiger partial charge in [0.2, 0.25) is 12.6 Å². The highest BCUT2D eigenvalue weighted by atomic mass is 35.5. The molecule has 2 aliphatic heterocycles. The Kier molecular flexibility index (Phi) is 10.7. The fourth-order valence-corrected chi connectivity index (χ4v) is 6.54. The van der Waals surface area contributed by atoms with Crippen molar-refractivity contribution in [1.29, 1.82) is 0 Å². The van der Waals surface area contributed by atoms with Gasteiger partial charge in [0, 0.05) is 23.5 Å². The number of benzene rings is 2. The highest BCUT2D eigenvalue weighted by Gasteiger charge is 2.42. The van der Waals surface area contributed by atoms with E-state index in [9.17, 15) is 5.11 Å². The second-order valence-corrected chi connectivity index (χ2v) is 12.7. The molecule has 0 aromatic heterocycles. The molecule has 2 unspecified atom stereocenters. The van der Waals surface area contributed by atoms with Gasteiger partial charge in [-0.2, -0.15) is 0 Å². The predicted molar refractivity (Wildman–Crippen MR) is 161 cm³/mol. The van der Waals surface area contributed by atoms with E-state index in [1.54, 1.807) is 0 Å². The number of aryl methyl sites for hydroxylation is 2. The molecule has 0 aliphatic carbocycles. The number of fused-ring (bicyclic) bond motifs is 6. The van der Waals surface area contributed by atoms with Gasteiger partial charge >= 0.3 is 0 Å². The average Bonchev–Trinajstić information content (AvgIpc) is 2.93. The van der Waals surface area contributed by atoms with E-state index in [1.807, 2.05) is 19.1 Å². The van der Waals surface area contributed by atoms with Crippen molar-refractivity contribution in [2.45, 2.75) is 95.7 Å². The summed E-state index contributed by atoms with van der Waals surface area (Å²) in [7, 11) is 0. The maximum Gasteiger partial charge on any atom is 0.233 e. The minimum absolute atomic E-state index is 0.0612. The van der Waals surface area contributed by atoms with Crippen LogP contribution in [0.3, 0.4) is 0 Å². The van der Waals surface area contributed by atoms with Gasteiger partial charge in [-0.15, -0.1) is 46.4 Å². The van der Waals surface area contributed by atoms with Gasteiger partial charge in [0.1, 0.15) is 11.5 Å². The molecule has 1 N–H and O–H groups in total. The van der Waals surface area contributed by atoms with Gasteiger partial charge in [-0.05, 0) is 111 Å². The average molecular weight is 618 g/mol. The number of ether oxygens (including phenoxy) is 3. The predicted octanol–water partition coefficient (Wildman–Crippen LogP) is 9.32. The van der Waals surface area contributed by atoms with Crippen molar-refractivity contribution >= 4 is 46.4 Å². The van der Waals surface area contributed by atoms with E-state index in [1.165, 1.54) is 5.56 Å². The molecule has 2 aliphatic rings. The van der Waals surface area contributed by atoms with Crippen LogP contribution < -0.4 is 9.47 Å². The first-order valence-electron chi connectivity index (χ1n) is 13.9. The van der Waals surface area contributed by atoms with Crippen LogP contribution in [-0.4, -0.2) is 28.6 Å². The third-order valence-corrected chi connectivity index (χ3v) is 9.29. The summed E-state index contributed by atoms with van der Waals surface area (Å²) >= 11 is 24.1. The Morgan fingerprint density at radius 1 is 0.667 bits per heavy atom. The van der Waals surface area contributed by atoms with Gasteiger partial charge in [0.05, 0.1) is 16.7 Å². The Morgan fingerprint density at radius 3 is 1.54 bits per heavy atom. The molecule has 0 saturated heterocycles. The molecule has 216 valence electrons. The minimum Gasteiger partial charge on any atom is -0.459 e. The van der Waals surface area contributed by atoms with Gasteiger partial charge in [-0.3, -0.25) is 4.74 Å². The number of aliphatic hydroxyl groups is 1. The molecule has 2 heterocycles. The van der Waals surface area contributed by atoms with Crippen LogP contribution in [0.2, 0.25) is 0 Å². The highest BCUT2D eigenvalue weighted by Crippen LogP contribution is 2.52. The van der Waals surface area contributed by atoms with Crippen LogP contribution in [0.25, 0.3) is 0 Å². The number of halogens is 4. The molecule has 2 atom stereocenters. The zero-order valence-electron chi connectivity index (χ0n) is 23.1. The zero-order valence-corrected chi connectivity index (χ0v) is 26.2. The smallest absolute Gasteiger partial charge is 0.233 e. The summed E-state index contributed by atoms with van der Waals surface area (Å²) < 4.78 is 19.3. The highest BCUT2D eigenvalue weighted by molar-refractivity contribution is 6.18. The summed E-state index contributed by atoms with van der Waals surface area (Å²) in [6.45, 7) is 6.37. The lowest BCUT2D eigenvalue weighted by molar-refractivity contribution is -0.228. The number of hydrogen-bond acceptors (Lipinski definition) is 4. The van der Waals surface area contributed by atoms with Crippen LogP contribution in [0, 0.1) is 13.8 Å². The number of rotatable bonds is 14. The summed E-state index contributed by atoms with van der Waals surface area (Å²) in [6.07, 6.45) is 5.13. The van der Waals surface area contributed by atoms with Gasteiger partial charge < -0.3 is 14.6 Å². The van der Waals surface area contributed by atoms with Crippen molar-refractivity contribution in [3.63, 3.8) is 0 Å². The first-order chi connectivity index (χ1) is 18.7. The van der Waals surface area contributed by atoms with E-state index >= 15 is 0 Å². The van der Waals surface area contributed by atoms with Crippen molar-refractivity contribution < 1.29 is 19.3 Å². The van der Waals surface area contributed by atoms with E-state index in [4.69, 9.17) is 60.6 Å². The Hall–Kier alpha value is -0.880. The largest absolute Gasteiger partial charge is 0.459 e. The maximum absolute atomic E-state index is 11.7. The molecule has 0 radical (unpaired) electrons. The molecule has 2 bridgehead atoms. The lowest BCUT2D eigenvalue weighted by atomic mass is 9.74. The molecule has 0 fully saturated rings. The fraction of sp³-hybridized carbons (Fsp3) is 0.613.